The predicted octanol–water partition coefficient (Wildman–Crippen LogP) is 2.77. The summed E-state index contributed by atoms with van der Waals surface area (Å²) in [6.45, 7) is 0. The molecule has 0 radical (unpaired) electrons. The van der Waals surface area contributed by atoms with Gasteiger partial charge in [-0.2, -0.15) is 0 Å². The number of hydrogen-bond donors (Lipinski definition) is 2. The number of nitrogens with one attached hydrogen (secondary N) is 1. The molecule has 0 saturated carbocycles. The lowest BCUT2D eigenvalue weighted by atomic mass is 10.3. The molecule has 1 amide bonds. The van der Waals surface area contributed by atoms with Crippen LogP contribution in [0, 0.1) is 0 Å². The van der Waals surface area contributed by atoms with Gasteiger partial charge in [-0.25, -0.2) is 4.98 Å². The Balaban J connectivity index is 2.19. The molecular formula is C13H16N4OS2. The molecule has 1 aromatic carbocycles. The van der Waals surface area contributed by atoms with Crippen molar-refractivity contribution in [2.45, 2.75) is 4.90 Å². The monoisotopic (exact) mass is 308 g/mol. The molecule has 0 atom stereocenters. The van der Waals surface area contributed by atoms with E-state index in [4.69, 9.17) is 5.73 Å². The van der Waals surface area contributed by atoms with Crippen molar-refractivity contribution < 1.29 is 4.79 Å². The van der Waals surface area contributed by atoms with Crippen LogP contribution in [0.1, 0.15) is 9.67 Å². The van der Waals surface area contributed by atoms with Gasteiger partial charge in [0.15, 0.2) is 5.13 Å². The van der Waals surface area contributed by atoms with Gasteiger partial charge < -0.3 is 16.0 Å². The van der Waals surface area contributed by atoms with E-state index in [0.717, 1.165) is 10.6 Å². The van der Waals surface area contributed by atoms with Crippen LogP contribution in [-0.4, -0.2) is 31.2 Å². The van der Waals surface area contributed by atoms with Crippen LogP contribution in [0.2, 0.25) is 0 Å². The highest BCUT2D eigenvalue weighted by Gasteiger charge is 2.17. The van der Waals surface area contributed by atoms with E-state index in [0.29, 0.717) is 10.0 Å². The number of aromatic nitrogens is 1. The zero-order chi connectivity index (χ0) is 14.7. The van der Waals surface area contributed by atoms with Crippen LogP contribution in [0.5, 0.6) is 0 Å². The second kappa shape index (κ2) is 6.15. The van der Waals surface area contributed by atoms with Crippen LogP contribution in [0.4, 0.5) is 16.6 Å². The quantitative estimate of drug-likeness (QED) is 0.850. The largest absolute Gasteiger partial charge is 0.382 e. The molecule has 106 valence electrons. The predicted molar refractivity (Wildman–Crippen MR) is 87.0 cm³/mol. The molecule has 0 aliphatic heterocycles. The Morgan fingerprint density at radius 3 is 2.80 bits per heavy atom. The number of amides is 1. The van der Waals surface area contributed by atoms with Gasteiger partial charge in [0.25, 0.3) is 5.91 Å². The second-order valence-corrected chi connectivity index (χ2v) is 6.15. The summed E-state index contributed by atoms with van der Waals surface area (Å²) in [5.74, 6) is 0.0311. The summed E-state index contributed by atoms with van der Waals surface area (Å²) in [5.41, 5.74) is 6.55. The van der Waals surface area contributed by atoms with Crippen LogP contribution >= 0.6 is 23.1 Å². The molecule has 20 heavy (non-hydrogen) atoms. The average molecular weight is 308 g/mol. The maximum absolute atomic E-state index is 12.2. The van der Waals surface area contributed by atoms with Crippen LogP contribution in [0.25, 0.3) is 0 Å². The standard InChI is InChI=1S/C13H16N4OS2/c1-17(2)13-16-11(14)10(20-13)12(18)15-8-5-4-6-9(7-8)19-3/h4-7H,14H2,1-3H3,(H,15,18). The third kappa shape index (κ3) is 3.23. The van der Waals surface area contributed by atoms with Crippen LogP contribution in [0.15, 0.2) is 29.2 Å². The topological polar surface area (TPSA) is 71.2 Å². The van der Waals surface area contributed by atoms with Crippen LogP contribution in [-0.2, 0) is 0 Å². The fourth-order valence-corrected chi connectivity index (χ4v) is 2.83. The summed E-state index contributed by atoms with van der Waals surface area (Å²) in [6.07, 6.45) is 1.99. The maximum atomic E-state index is 12.2. The minimum Gasteiger partial charge on any atom is -0.382 e. The number of thioether (sulfide) groups is 1. The van der Waals surface area contributed by atoms with E-state index in [1.807, 2.05) is 49.5 Å². The van der Waals surface area contributed by atoms with E-state index in [-0.39, 0.29) is 11.7 Å². The van der Waals surface area contributed by atoms with Crippen molar-refractivity contribution in [3.05, 3.63) is 29.1 Å². The van der Waals surface area contributed by atoms with Gasteiger partial charge in [-0.1, -0.05) is 17.4 Å². The summed E-state index contributed by atoms with van der Waals surface area (Å²) in [7, 11) is 3.73. The Hall–Kier alpha value is -1.73. The highest BCUT2D eigenvalue weighted by atomic mass is 32.2. The second-order valence-electron chi connectivity index (χ2n) is 4.29. The minimum atomic E-state index is -0.230. The zero-order valence-electron chi connectivity index (χ0n) is 11.5. The SMILES string of the molecule is CSc1cccc(NC(=O)c2sc(N(C)C)nc2N)c1. The fourth-order valence-electron chi connectivity index (χ4n) is 1.56. The van der Waals surface area contributed by atoms with Gasteiger partial charge >= 0.3 is 0 Å². The average Bonchev–Trinajstić information content (AvgIpc) is 2.81. The molecular weight excluding hydrogens is 292 g/mol. The molecule has 5 nitrogen and oxygen atoms in total. The van der Waals surface area contributed by atoms with Crippen molar-refractivity contribution in [3.63, 3.8) is 0 Å². The number of anilines is 3. The van der Waals surface area contributed by atoms with E-state index in [2.05, 4.69) is 10.3 Å². The molecule has 2 aromatic rings. The first-order valence-electron chi connectivity index (χ1n) is 5.90. The molecule has 1 heterocycles. The van der Waals surface area contributed by atoms with E-state index < -0.39 is 0 Å². The Morgan fingerprint density at radius 1 is 1.45 bits per heavy atom. The number of benzene rings is 1. The van der Waals surface area contributed by atoms with Crippen LogP contribution in [0.3, 0.4) is 0 Å². The summed E-state index contributed by atoms with van der Waals surface area (Å²) in [6, 6.07) is 7.67. The number of nitrogens with two attached hydrogens (primary N) is 1. The van der Waals surface area contributed by atoms with Crippen LogP contribution < -0.4 is 16.0 Å². The lowest BCUT2D eigenvalue weighted by Crippen LogP contribution is -2.12. The van der Waals surface area contributed by atoms with Gasteiger partial charge in [0.1, 0.15) is 10.7 Å². The number of rotatable bonds is 4. The van der Waals surface area contributed by atoms with Gasteiger partial charge in [0.05, 0.1) is 0 Å². The summed E-state index contributed by atoms with van der Waals surface area (Å²) >= 11 is 2.90. The Bertz CT molecular complexity index is 625. The van der Waals surface area contributed by atoms with Crippen molar-refractivity contribution in [1.82, 2.24) is 4.98 Å². The molecule has 0 saturated heterocycles. The highest BCUT2D eigenvalue weighted by Crippen LogP contribution is 2.28. The molecule has 0 bridgehead atoms. The van der Waals surface area contributed by atoms with Gasteiger partial charge in [-0.15, -0.1) is 11.8 Å². The molecule has 0 aliphatic rings. The number of nitrogens with zero attached hydrogens (tertiary/aromatic N) is 2. The number of nitrogen functional groups attached to an aromatic ring is 1. The smallest absolute Gasteiger partial charge is 0.269 e. The molecule has 0 fully saturated rings. The highest BCUT2D eigenvalue weighted by molar-refractivity contribution is 7.98. The third-order valence-corrected chi connectivity index (χ3v) is 4.52. The molecule has 7 heteroatoms. The molecule has 1 aromatic heterocycles. The first-order valence-corrected chi connectivity index (χ1v) is 7.94. The molecule has 2 rings (SSSR count). The first-order chi connectivity index (χ1) is 9.51. The lowest BCUT2D eigenvalue weighted by Gasteiger charge is -2.06. The van der Waals surface area contributed by atoms with Gasteiger partial charge in [0.2, 0.25) is 0 Å². The zero-order valence-corrected chi connectivity index (χ0v) is 13.1. The van der Waals surface area contributed by atoms with Gasteiger partial charge in [-0.3, -0.25) is 4.79 Å². The summed E-state index contributed by atoms with van der Waals surface area (Å²) in [5, 5.41) is 3.56. The number of thiazole rings is 1. The van der Waals surface area contributed by atoms with Crippen molar-refractivity contribution >= 4 is 45.6 Å². The van der Waals surface area contributed by atoms with Crippen molar-refractivity contribution in [1.29, 1.82) is 0 Å². The summed E-state index contributed by atoms with van der Waals surface area (Å²) < 4.78 is 0. The number of hydrogen-bond acceptors (Lipinski definition) is 6. The Labute approximate surface area is 126 Å². The molecule has 3 N–H and O–H groups in total. The first kappa shape index (κ1) is 14.7. The summed E-state index contributed by atoms with van der Waals surface area (Å²) in [4.78, 5) is 19.7. The molecule has 0 spiro atoms. The maximum Gasteiger partial charge on any atom is 0.269 e. The third-order valence-electron chi connectivity index (χ3n) is 2.56. The Morgan fingerprint density at radius 2 is 2.20 bits per heavy atom. The van der Waals surface area contributed by atoms with E-state index in [9.17, 15) is 4.79 Å². The fraction of sp³-hybridized carbons (Fsp3) is 0.231. The van der Waals surface area contributed by atoms with Crippen molar-refractivity contribution in [2.75, 3.05) is 36.3 Å². The van der Waals surface area contributed by atoms with E-state index in [1.165, 1.54) is 11.3 Å². The van der Waals surface area contributed by atoms with Gasteiger partial charge in [0, 0.05) is 24.7 Å². The van der Waals surface area contributed by atoms with Crippen molar-refractivity contribution in [2.24, 2.45) is 0 Å². The molecule has 0 aliphatic carbocycles. The van der Waals surface area contributed by atoms with E-state index >= 15 is 0 Å². The number of carbonyl (C=O) groups is 1. The van der Waals surface area contributed by atoms with Gasteiger partial charge in [-0.05, 0) is 24.5 Å². The van der Waals surface area contributed by atoms with Crippen molar-refractivity contribution in [3.8, 4) is 0 Å². The van der Waals surface area contributed by atoms with E-state index in [1.54, 1.807) is 11.8 Å². The Kier molecular flexibility index (Phi) is 4.51. The lowest BCUT2D eigenvalue weighted by molar-refractivity contribution is 0.103. The molecule has 0 unspecified atom stereocenters. The number of carbonyl (C=O) groups excluding carboxylic acids is 1. The normalized spacial score (nSPS) is 10.3. The minimum absolute atomic E-state index is 0.230.